The standard InChI is InChI=1S/C21H26FN3OS2/c1-6-10-27-24-15-9-7-8-14(20(15)22)16-12-23-19-11-17(26-5)18(13-25(16)19)28-21(2,3)4/h7-9,11-13,24H,6,10H2,1-5H3. The Morgan fingerprint density at radius 1 is 1.29 bits per heavy atom. The smallest absolute Gasteiger partial charge is 0.156 e. The van der Waals surface area contributed by atoms with E-state index in [2.05, 4.69) is 37.4 Å². The highest BCUT2D eigenvalue weighted by Gasteiger charge is 2.19. The van der Waals surface area contributed by atoms with E-state index in [4.69, 9.17) is 4.74 Å². The van der Waals surface area contributed by atoms with Gasteiger partial charge in [0, 0.05) is 28.3 Å². The van der Waals surface area contributed by atoms with Crippen LogP contribution in [0.15, 0.2) is 41.6 Å². The van der Waals surface area contributed by atoms with Gasteiger partial charge in [0.25, 0.3) is 0 Å². The molecule has 0 saturated heterocycles. The molecule has 1 N–H and O–H groups in total. The van der Waals surface area contributed by atoms with Crippen LogP contribution in [0.1, 0.15) is 34.1 Å². The number of rotatable bonds is 7. The summed E-state index contributed by atoms with van der Waals surface area (Å²) in [5, 5.41) is 0. The Kier molecular flexibility index (Phi) is 6.45. The number of nitrogens with one attached hydrogen (secondary N) is 1. The minimum absolute atomic E-state index is 0.0211. The summed E-state index contributed by atoms with van der Waals surface area (Å²) in [4.78, 5) is 5.46. The van der Waals surface area contributed by atoms with Crippen molar-refractivity contribution in [3.8, 4) is 17.0 Å². The highest BCUT2D eigenvalue weighted by atomic mass is 32.2. The third kappa shape index (κ3) is 4.58. The second-order valence-electron chi connectivity index (χ2n) is 7.41. The first-order valence-electron chi connectivity index (χ1n) is 9.25. The molecule has 28 heavy (non-hydrogen) atoms. The van der Waals surface area contributed by atoms with E-state index in [1.165, 1.54) is 11.9 Å². The van der Waals surface area contributed by atoms with Crippen LogP contribution in [0, 0.1) is 5.82 Å². The number of nitrogens with zero attached hydrogens (tertiary/aromatic N) is 2. The van der Waals surface area contributed by atoms with E-state index in [0.717, 1.165) is 34.2 Å². The van der Waals surface area contributed by atoms with E-state index in [1.54, 1.807) is 37.2 Å². The molecule has 0 aliphatic rings. The lowest BCUT2D eigenvalue weighted by molar-refractivity contribution is 0.404. The van der Waals surface area contributed by atoms with Crippen LogP contribution >= 0.6 is 23.7 Å². The van der Waals surface area contributed by atoms with E-state index < -0.39 is 0 Å². The van der Waals surface area contributed by atoms with Gasteiger partial charge in [0.2, 0.25) is 0 Å². The minimum atomic E-state index is -0.270. The number of fused-ring (bicyclic) bond motifs is 1. The van der Waals surface area contributed by atoms with Crippen LogP contribution in [0.5, 0.6) is 5.75 Å². The van der Waals surface area contributed by atoms with Gasteiger partial charge in [0.05, 0.1) is 29.6 Å². The molecule has 3 aromatic rings. The molecule has 0 fully saturated rings. The van der Waals surface area contributed by atoms with Gasteiger partial charge in [-0.05, 0) is 18.6 Å². The van der Waals surface area contributed by atoms with Crippen molar-refractivity contribution < 1.29 is 9.13 Å². The van der Waals surface area contributed by atoms with Crippen molar-refractivity contribution in [2.24, 2.45) is 0 Å². The van der Waals surface area contributed by atoms with Gasteiger partial charge < -0.3 is 9.46 Å². The Morgan fingerprint density at radius 3 is 2.75 bits per heavy atom. The van der Waals surface area contributed by atoms with Crippen LogP contribution in [0.2, 0.25) is 0 Å². The summed E-state index contributed by atoms with van der Waals surface area (Å²) >= 11 is 3.22. The van der Waals surface area contributed by atoms with Gasteiger partial charge in [-0.15, -0.1) is 11.8 Å². The van der Waals surface area contributed by atoms with Gasteiger partial charge >= 0.3 is 0 Å². The molecular formula is C21H26FN3OS2. The van der Waals surface area contributed by atoms with Gasteiger partial charge in [-0.1, -0.05) is 45.7 Å². The maximum absolute atomic E-state index is 15.2. The summed E-state index contributed by atoms with van der Waals surface area (Å²) in [6, 6.07) is 7.31. The predicted octanol–water partition coefficient (Wildman–Crippen LogP) is 6.51. The minimum Gasteiger partial charge on any atom is -0.495 e. The number of hydrogen-bond acceptors (Lipinski definition) is 5. The van der Waals surface area contributed by atoms with Crippen molar-refractivity contribution in [2.75, 3.05) is 17.6 Å². The summed E-state index contributed by atoms with van der Waals surface area (Å²) in [5.41, 5.74) is 2.45. The van der Waals surface area contributed by atoms with Crippen LogP contribution in [-0.2, 0) is 0 Å². The van der Waals surface area contributed by atoms with Crippen molar-refractivity contribution in [2.45, 2.75) is 43.8 Å². The number of thioether (sulfide) groups is 1. The lowest BCUT2D eigenvalue weighted by Crippen LogP contribution is -2.08. The average Bonchev–Trinajstić information content (AvgIpc) is 3.04. The summed E-state index contributed by atoms with van der Waals surface area (Å²) in [7, 11) is 1.66. The number of anilines is 1. The highest BCUT2D eigenvalue weighted by Crippen LogP contribution is 2.39. The number of benzene rings is 1. The van der Waals surface area contributed by atoms with Crippen molar-refractivity contribution >= 4 is 35.0 Å². The normalized spacial score (nSPS) is 11.8. The molecule has 1 aromatic carbocycles. The lowest BCUT2D eigenvalue weighted by atomic mass is 10.1. The zero-order chi connectivity index (χ0) is 20.3. The third-order valence-electron chi connectivity index (χ3n) is 3.97. The maximum atomic E-state index is 15.2. The van der Waals surface area contributed by atoms with Crippen molar-refractivity contribution in [1.29, 1.82) is 0 Å². The van der Waals surface area contributed by atoms with E-state index in [0.29, 0.717) is 11.3 Å². The molecule has 0 atom stereocenters. The molecule has 0 aliphatic heterocycles. The van der Waals surface area contributed by atoms with Crippen molar-refractivity contribution in [3.63, 3.8) is 0 Å². The van der Waals surface area contributed by atoms with E-state index in [9.17, 15) is 0 Å². The summed E-state index contributed by atoms with van der Waals surface area (Å²) in [6.45, 7) is 8.55. The highest BCUT2D eigenvalue weighted by molar-refractivity contribution is 8.00. The summed E-state index contributed by atoms with van der Waals surface area (Å²) < 4.78 is 25.8. The van der Waals surface area contributed by atoms with Gasteiger partial charge in [-0.2, -0.15) is 0 Å². The number of pyridine rings is 1. The van der Waals surface area contributed by atoms with E-state index >= 15 is 4.39 Å². The molecule has 0 unspecified atom stereocenters. The first-order chi connectivity index (χ1) is 13.3. The summed E-state index contributed by atoms with van der Waals surface area (Å²) in [6.07, 6.45) is 4.72. The number of imidazole rings is 1. The third-order valence-corrected chi connectivity index (χ3v) is 6.09. The predicted molar refractivity (Wildman–Crippen MR) is 119 cm³/mol. The zero-order valence-corrected chi connectivity index (χ0v) is 18.5. The molecule has 0 radical (unpaired) electrons. The molecule has 0 aliphatic carbocycles. The maximum Gasteiger partial charge on any atom is 0.156 e. The van der Waals surface area contributed by atoms with E-state index in [-0.39, 0.29) is 10.6 Å². The fourth-order valence-electron chi connectivity index (χ4n) is 2.79. The fourth-order valence-corrected chi connectivity index (χ4v) is 4.47. The Morgan fingerprint density at radius 2 is 2.07 bits per heavy atom. The summed E-state index contributed by atoms with van der Waals surface area (Å²) in [5.74, 6) is 1.43. The molecule has 0 spiro atoms. The topological polar surface area (TPSA) is 38.6 Å². The van der Waals surface area contributed by atoms with Crippen molar-refractivity contribution in [3.05, 3.63) is 42.5 Å². The number of methoxy groups -OCH3 is 1. The van der Waals surface area contributed by atoms with Crippen LogP contribution in [0.3, 0.4) is 0 Å². The number of ether oxygens (including phenoxy) is 1. The molecular weight excluding hydrogens is 393 g/mol. The quantitative estimate of drug-likeness (QED) is 0.268. The molecule has 0 amide bonds. The van der Waals surface area contributed by atoms with Crippen LogP contribution in [0.25, 0.3) is 16.9 Å². The van der Waals surface area contributed by atoms with Gasteiger partial charge in [0.1, 0.15) is 11.4 Å². The molecule has 7 heteroatoms. The lowest BCUT2D eigenvalue weighted by Gasteiger charge is -2.20. The number of halogens is 1. The van der Waals surface area contributed by atoms with Crippen LogP contribution in [0.4, 0.5) is 10.1 Å². The Bertz CT molecular complexity index is 966. The molecule has 2 aromatic heterocycles. The monoisotopic (exact) mass is 419 g/mol. The number of hydrogen-bond donors (Lipinski definition) is 1. The molecule has 2 heterocycles. The van der Waals surface area contributed by atoms with Gasteiger partial charge in [0.15, 0.2) is 5.82 Å². The Hall–Kier alpha value is -1.86. The molecule has 150 valence electrons. The fraction of sp³-hybridized carbons (Fsp3) is 0.381. The second kappa shape index (κ2) is 8.66. The second-order valence-corrected chi connectivity index (χ2v) is 10.2. The molecule has 0 bridgehead atoms. The van der Waals surface area contributed by atoms with E-state index in [1.807, 2.05) is 22.7 Å². The molecule has 4 nitrogen and oxygen atoms in total. The molecule has 3 rings (SSSR count). The Balaban J connectivity index is 2.07. The zero-order valence-electron chi connectivity index (χ0n) is 16.9. The molecule has 0 saturated carbocycles. The van der Waals surface area contributed by atoms with Crippen molar-refractivity contribution in [1.82, 2.24) is 9.38 Å². The average molecular weight is 420 g/mol. The van der Waals surface area contributed by atoms with Gasteiger partial charge in [-0.3, -0.25) is 4.40 Å². The Labute approximate surface area is 174 Å². The van der Waals surface area contributed by atoms with Crippen LogP contribution < -0.4 is 9.46 Å². The van der Waals surface area contributed by atoms with Crippen LogP contribution in [-0.4, -0.2) is 27.0 Å². The first kappa shape index (κ1) is 20.9. The largest absolute Gasteiger partial charge is 0.495 e. The first-order valence-corrected chi connectivity index (χ1v) is 11.0. The SMILES string of the molecule is CCCSNc1cccc(-c2cnc3cc(OC)c(SC(C)(C)C)cn23)c1F. The number of aromatic nitrogens is 2. The van der Waals surface area contributed by atoms with Gasteiger partial charge in [-0.25, -0.2) is 9.37 Å².